The number of halogens is 1. The number of fused-ring (bicyclic) bond motifs is 2. The SMILES string of the molecule is COc1cc(-c2cc(C(=O)N3[C@@H]4CCC[C@@H]3CC4)n[nH]2)c(Cl)cn1. The van der Waals surface area contributed by atoms with Gasteiger partial charge in [-0.25, -0.2) is 4.98 Å². The predicted molar refractivity (Wildman–Crippen MR) is 90.2 cm³/mol. The number of methoxy groups -OCH3 is 1. The van der Waals surface area contributed by atoms with E-state index in [-0.39, 0.29) is 5.91 Å². The second-order valence-corrected chi connectivity index (χ2v) is 6.81. The van der Waals surface area contributed by atoms with Gasteiger partial charge in [0.05, 0.1) is 24.0 Å². The van der Waals surface area contributed by atoms with Crippen LogP contribution in [0.5, 0.6) is 5.88 Å². The fourth-order valence-electron chi connectivity index (χ4n) is 3.89. The number of piperidine rings is 1. The molecular weight excluding hydrogens is 328 g/mol. The van der Waals surface area contributed by atoms with Crippen LogP contribution in [0.1, 0.15) is 42.6 Å². The second kappa shape index (κ2) is 6.09. The van der Waals surface area contributed by atoms with Crippen molar-refractivity contribution in [3.8, 4) is 17.1 Å². The van der Waals surface area contributed by atoms with Crippen molar-refractivity contribution in [2.24, 2.45) is 0 Å². The van der Waals surface area contributed by atoms with Crippen molar-refractivity contribution >= 4 is 17.5 Å². The molecule has 0 unspecified atom stereocenters. The van der Waals surface area contributed by atoms with Gasteiger partial charge in [0, 0.05) is 23.7 Å². The number of hydrogen-bond donors (Lipinski definition) is 1. The van der Waals surface area contributed by atoms with E-state index in [0.717, 1.165) is 31.2 Å². The first-order chi connectivity index (χ1) is 11.7. The minimum Gasteiger partial charge on any atom is -0.481 e. The van der Waals surface area contributed by atoms with Crippen molar-refractivity contribution in [3.05, 3.63) is 29.0 Å². The zero-order valence-electron chi connectivity index (χ0n) is 13.5. The van der Waals surface area contributed by atoms with Gasteiger partial charge in [-0.1, -0.05) is 11.6 Å². The number of pyridine rings is 1. The largest absolute Gasteiger partial charge is 0.481 e. The highest BCUT2D eigenvalue weighted by Crippen LogP contribution is 2.37. The smallest absolute Gasteiger partial charge is 0.274 e. The number of H-pyrrole nitrogens is 1. The summed E-state index contributed by atoms with van der Waals surface area (Å²) in [6, 6.07) is 4.24. The van der Waals surface area contributed by atoms with Crippen molar-refractivity contribution in [2.75, 3.05) is 7.11 Å². The molecule has 24 heavy (non-hydrogen) atoms. The van der Waals surface area contributed by atoms with Gasteiger partial charge in [0.25, 0.3) is 5.91 Å². The van der Waals surface area contributed by atoms with E-state index in [1.165, 1.54) is 12.6 Å². The Bertz CT molecular complexity index is 760. The molecule has 2 fully saturated rings. The number of nitrogens with one attached hydrogen (secondary N) is 1. The summed E-state index contributed by atoms with van der Waals surface area (Å²) in [6.07, 6.45) is 7.18. The molecule has 0 aliphatic carbocycles. The van der Waals surface area contributed by atoms with Crippen LogP contribution >= 0.6 is 11.6 Å². The molecule has 7 heteroatoms. The van der Waals surface area contributed by atoms with Crippen LogP contribution in [-0.2, 0) is 0 Å². The molecule has 1 amide bonds. The lowest BCUT2D eigenvalue weighted by Crippen LogP contribution is -2.44. The summed E-state index contributed by atoms with van der Waals surface area (Å²) in [5.74, 6) is 0.479. The van der Waals surface area contributed by atoms with Gasteiger partial charge in [-0.2, -0.15) is 5.10 Å². The molecule has 0 radical (unpaired) electrons. The Labute approximate surface area is 145 Å². The zero-order chi connectivity index (χ0) is 16.7. The average molecular weight is 347 g/mol. The number of nitrogens with zero attached hydrogens (tertiary/aromatic N) is 3. The molecule has 0 spiro atoms. The molecule has 0 aromatic carbocycles. The van der Waals surface area contributed by atoms with Crippen LogP contribution in [-0.4, -0.2) is 45.2 Å². The maximum absolute atomic E-state index is 12.9. The van der Waals surface area contributed by atoms with Crippen LogP contribution in [0.2, 0.25) is 5.02 Å². The summed E-state index contributed by atoms with van der Waals surface area (Å²) in [6.45, 7) is 0. The van der Waals surface area contributed by atoms with Crippen LogP contribution in [0, 0.1) is 0 Å². The Kier molecular flexibility index (Phi) is 3.92. The highest BCUT2D eigenvalue weighted by Gasteiger charge is 2.40. The molecule has 2 bridgehead atoms. The topological polar surface area (TPSA) is 71.1 Å². The first-order valence-corrected chi connectivity index (χ1v) is 8.63. The third-order valence-electron chi connectivity index (χ3n) is 5.06. The Morgan fingerprint density at radius 3 is 2.75 bits per heavy atom. The molecule has 1 N–H and O–H groups in total. The maximum atomic E-state index is 12.9. The van der Waals surface area contributed by atoms with E-state index in [0.29, 0.717) is 34.4 Å². The highest BCUT2D eigenvalue weighted by molar-refractivity contribution is 6.33. The molecule has 2 aliphatic heterocycles. The lowest BCUT2D eigenvalue weighted by atomic mass is 10.0. The molecule has 2 atom stereocenters. The monoisotopic (exact) mass is 346 g/mol. The van der Waals surface area contributed by atoms with E-state index in [9.17, 15) is 4.79 Å². The van der Waals surface area contributed by atoms with Crippen LogP contribution < -0.4 is 4.74 Å². The third kappa shape index (κ3) is 2.55. The molecule has 4 heterocycles. The van der Waals surface area contributed by atoms with Crippen LogP contribution in [0.25, 0.3) is 11.3 Å². The van der Waals surface area contributed by atoms with Crippen LogP contribution in [0.4, 0.5) is 0 Å². The Morgan fingerprint density at radius 1 is 1.29 bits per heavy atom. The van der Waals surface area contributed by atoms with Crippen molar-refractivity contribution in [3.63, 3.8) is 0 Å². The quantitative estimate of drug-likeness (QED) is 0.925. The Hall–Kier alpha value is -2.08. The number of amides is 1. The summed E-state index contributed by atoms with van der Waals surface area (Å²) in [4.78, 5) is 19.0. The average Bonchev–Trinajstić information content (AvgIpc) is 3.18. The molecule has 2 aromatic rings. The van der Waals surface area contributed by atoms with Crippen molar-refractivity contribution in [2.45, 2.75) is 44.2 Å². The van der Waals surface area contributed by atoms with Gasteiger partial charge in [0.15, 0.2) is 5.69 Å². The summed E-state index contributed by atoms with van der Waals surface area (Å²) >= 11 is 6.22. The fourth-order valence-corrected chi connectivity index (χ4v) is 4.09. The van der Waals surface area contributed by atoms with Crippen LogP contribution in [0.15, 0.2) is 18.3 Å². The molecule has 2 saturated heterocycles. The van der Waals surface area contributed by atoms with Gasteiger partial charge < -0.3 is 9.64 Å². The van der Waals surface area contributed by atoms with Crippen LogP contribution in [0.3, 0.4) is 0 Å². The van der Waals surface area contributed by atoms with Gasteiger partial charge in [-0.3, -0.25) is 9.89 Å². The molecular formula is C17H19ClN4O2. The number of ether oxygens (including phenoxy) is 1. The Morgan fingerprint density at radius 2 is 2.04 bits per heavy atom. The molecule has 2 aliphatic rings. The van der Waals surface area contributed by atoms with Gasteiger partial charge in [-0.05, 0) is 38.2 Å². The number of aromatic nitrogens is 3. The minimum absolute atomic E-state index is 0.0156. The summed E-state index contributed by atoms with van der Waals surface area (Å²) < 4.78 is 5.14. The van der Waals surface area contributed by atoms with Gasteiger partial charge in [0.1, 0.15) is 0 Å². The zero-order valence-corrected chi connectivity index (χ0v) is 14.2. The van der Waals surface area contributed by atoms with Crippen molar-refractivity contribution < 1.29 is 9.53 Å². The van der Waals surface area contributed by atoms with E-state index in [1.807, 2.05) is 4.90 Å². The predicted octanol–water partition coefficient (Wildman–Crippen LogP) is 3.29. The maximum Gasteiger partial charge on any atom is 0.274 e. The van der Waals surface area contributed by atoms with Gasteiger partial charge in [-0.15, -0.1) is 0 Å². The van der Waals surface area contributed by atoms with E-state index in [1.54, 1.807) is 19.2 Å². The molecule has 126 valence electrons. The number of rotatable bonds is 3. The van der Waals surface area contributed by atoms with Gasteiger partial charge in [0.2, 0.25) is 5.88 Å². The molecule has 0 saturated carbocycles. The molecule has 6 nitrogen and oxygen atoms in total. The van der Waals surface area contributed by atoms with Gasteiger partial charge >= 0.3 is 0 Å². The van der Waals surface area contributed by atoms with E-state index < -0.39 is 0 Å². The number of carbonyl (C=O) groups is 1. The van der Waals surface area contributed by atoms with Crippen molar-refractivity contribution in [1.29, 1.82) is 0 Å². The lowest BCUT2D eigenvalue weighted by Gasteiger charge is -2.34. The lowest BCUT2D eigenvalue weighted by molar-refractivity contribution is 0.0589. The number of hydrogen-bond acceptors (Lipinski definition) is 4. The highest BCUT2D eigenvalue weighted by atomic mass is 35.5. The number of carbonyl (C=O) groups excluding carboxylic acids is 1. The molecule has 4 rings (SSSR count). The normalized spacial score (nSPS) is 22.7. The summed E-state index contributed by atoms with van der Waals surface area (Å²) in [5, 5.41) is 7.63. The Balaban J connectivity index is 1.62. The third-order valence-corrected chi connectivity index (χ3v) is 5.36. The van der Waals surface area contributed by atoms with E-state index in [2.05, 4.69) is 15.2 Å². The first kappa shape index (κ1) is 15.4. The first-order valence-electron chi connectivity index (χ1n) is 8.25. The van der Waals surface area contributed by atoms with Crippen molar-refractivity contribution in [1.82, 2.24) is 20.1 Å². The summed E-state index contributed by atoms with van der Waals surface area (Å²) in [5.41, 5.74) is 1.85. The standard InChI is InChI=1S/C17H19ClN4O2/c1-24-16-7-12(13(18)9-19-16)14-8-15(21-20-14)17(23)22-10-3-2-4-11(22)6-5-10/h7-11H,2-6H2,1H3,(H,20,21)/t10-,11-/m1/s1. The van der Waals surface area contributed by atoms with E-state index >= 15 is 0 Å². The van der Waals surface area contributed by atoms with E-state index in [4.69, 9.17) is 16.3 Å². The molecule has 2 aromatic heterocycles. The number of aromatic amines is 1. The fraction of sp³-hybridized carbons (Fsp3) is 0.471. The minimum atomic E-state index is 0.0156. The summed E-state index contributed by atoms with van der Waals surface area (Å²) in [7, 11) is 1.55. The second-order valence-electron chi connectivity index (χ2n) is 6.40.